The van der Waals surface area contributed by atoms with E-state index in [9.17, 15) is 5.11 Å². The van der Waals surface area contributed by atoms with E-state index in [2.05, 4.69) is 25.7 Å². The molecular weight excluding hydrogens is 202 g/mol. The quantitative estimate of drug-likeness (QED) is 0.781. The Balaban J connectivity index is 2.49. The molecule has 1 heterocycles. The Labute approximate surface area is 99.8 Å². The zero-order chi connectivity index (χ0) is 12.0. The maximum absolute atomic E-state index is 9.53. The minimum atomic E-state index is 0.0544. The first-order valence-electron chi connectivity index (χ1n) is 6.54. The minimum absolute atomic E-state index is 0.0544. The minimum Gasteiger partial charge on any atom is -0.396 e. The van der Waals surface area contributed by atoms with Gasteiger partial charge in [0.25, 0.3) is 0 Å². The molecule has 3 nitrogen and oxygen atoms in total. The largest absolute Gasteiger partial charge is 0.396 e. The van der Waals surface area contributed by atoms with Crippen LogP contribution < -0.4 is 0 Å². The fraction of sp³-hybridized carbons (Fsp3) is 1.00. The summed E-state index contributed by atoms with van der Waals surface area (Å²) >= 11 is 0. The number of rotatable bonds is 5. The molecule has 1 aliphatic rings. The second-order valence-corrected chi connectivity index (χ2v) is 5.49. The van der Waals surface area contributed by atoms with Gasteiger partial charge in [-0.25, -0.2) is 0 Å². The summed E-state index contributed by atoms with van der Waals surface area (Å²) in [5.41, 5.74) is 0.0544. The van der Waals surface area contributed by atoms with Crippen LogP contribution in [0.3, 0.4) is 0 Å². The van der Waals surface area contributed by atoms with Crippen molar-refractivity contribution in [1.82, 2.24) is 4.90 Å². The van der Waals surface area contributed by atoms with Gasteiger partial charge in [-0.3, -0.25) is 0 Å². The van der Waals surface area contributed by atoms with Gasteiger partial charge >= 0.3 is 0 Å². The monoisotopic (exact) mass is 229 g/mol. The Morgan fingerprint density at radius 1 is 1.50 bits per heavy atom. The highest BCUT2D eigenvalue weighted by Crippen LogP contribution is 2.24. The molecule has 2 atom stereocenters. The fourth-order valence-corrected chi connectivity index (χ4v) is 2.58. The second kappa shape index (κ2) is 6.58. The van der Waals surface area contributed by atoms with Gasteiger partial charge in [-0.05, 0) is 19.8 Å². The van der Waals surface area contributed by atoms with Crippen molar-refractivity contribution in [2.75, 3.05) is 32.8 Å². The lowest BCUT2D eigenvalue weighted by Crippen LogP contribution is -2.41. The summed E-state index contributed by atoms with van der Waals surface area (Å²) in [6.45, 7) is 10.8. The van der Waals surface area contributed by atoms with Crippen molar-refractivity contribution in [3.05, 3.63) is 0 Å². The second-order valence-electron chi connectivity index (χ2n) is 5.49. The number of aliphatic hydroxyl groups excluding tert-OH is 1. The molecule has 0 aromatic rings. The average Bonchev–Trinajstić information content (AvgIpc) is 2.43. The molecule has 1 fully saturated rings. The van der Waals surface area contributed by atoms with Crippen LogP contribution >= 0.6 is 0 Å². The van der Waals surface area contributed by atoms with Crippen molar-refractivity contribution < 1.29 is 9.84 Å². The number of ether oxygens (including phenoxy) is 1. The molecule has 0 bridgehead atoms. The summed E-state index contributed by atoms with van der Waals surface area (Å²) in [5, 5.41) is 9.53. The first-order valence-corrected chi connectivity index (χ1v) is 6.54. The molecule has 1 rings (SSSR count). The lowest BCUT2D eigenvalue weighted by molar-refractivity contribution is 0.0465. The molecule has 16 heavy (non-hydrogen) atoms. The first-order chi connectivity index (χ1) is 7.59. The van der Waals surface area contributed by atoms with Gasteiger partial charge in [0.05, 0.1) is 6.10 Å². The number of hydrogen-bond donors (Lipinski definition) is 1. The van der Waals surface area contributed by atoms with Crippen molar-refractivity contribution in [3.63, 3.8) is 0 Å². The van der Waals surface area contributed by atoms with Crippen molar-refractivity contribution in [1.29, 1.82) is 0 Å². The van der Waals surface area contributed by atoms with E-state index >= 15 is 0 Å². The number of aliphatic hydroxyl groups is 1. The molecule has 0 aromatic heterocycles. The third kappa shape index (κ3) is 4.40. The van der Waals surface area contributed by atoms with Gasteiger partial charge < -0.3 is 14.7 Å². The molecule has 1 aliphatic heterocycles. The third-order valence-electron chi connectivity index (χ3n) is 3.38. The highest BCUT2D eigenvalue weighted by Gasteiger charge is 2.27. The highest BCUT2D eigenvalue weighted by atomic mass is 16.5. The van der Waals surface area contributed by atoms with Crippen LogP contribution in [0, 0.1) is 5.41 Å². The van der Waals surface area contributed by atoms with E-state index in [0.717, 1.165) is 45.5 Å². The van der Waals surface area contributed by atoms with Gasteiger partial charge in [0.1, 0.15) is 0 Å². The van der Waals surface area contributed by atoms with Gasteiger partial charge in [-0.15, -0.1) is 0 Å². The van der Waals surface area contributed by atoms with Crippen LogP contribution in [0.4, 0.5) is 0 Å². The summed E-state index contributed by atoms with van der Waals surface area (Å²) in [6, 6.07) is 0. The Kier molecular flexibility index (Phi) is 5.73. The first kappa shape index (κ1) is 13.9. The molecule has 1 N–H and O–H groups in total. The van der Waals surface area contributed by atoms with Crippen LogP contribution in [0.5, 0.6) is 0 Å². The molecule has 1 saturated heterocycles. The topological polar surface area (TPSA) is 32.7 Å². The lowest BCUT2D eigenvalue weighted by Gasteiger charge is -2.34. The van der Waals surface area contributed by atoms with Gasteiger partial charge in [0, 0.05) is 38.3 Å². The van der Waals surface area contributed by atoms with E-state index in [0.29, 0.717) is 6.10 Å². The summed E-state index contributed by atoms with van der Waals surface area (Å²) in [4.78, 5) is 2.45. The number of nitrogens with zero attached hydrogens (tertiary/aromatic N) is 1. The molecule has 0 radical (unpaired) electrons. The number of hydrogen-bond acceptors (Lipinski definition) is 3. The van der Waals surface area contributed by atoms with Crippen molar-refractivity contribution in [2.24, 2.45) is 5.41 Å². The predicted molar refractivity (Wildman–Crippen MR) is 66.6 cm³/mol. The summed E-state index contributed by atoms with van der Waals surface area (Å²) in [5.74, 6) is 0. The molecule has 3 heteroatoms. The Morgan fingerprint density at radius 2 is 2.25 bits per heavy atom. The van der Waals surface area contributed by atoms with Crippen molar-refractivity contribution in [3.8, 4) is 0 Å². The van der Waals surface area contributed by atoms with Crippen LogP contribution in [-0.4, -0.2) is 49.0 Å². The zero-order valence-electron chi connectivity index (χ0n) is 11.0. The van der Waals surface area contributed by atoms with Crippen LogP contribution in [0.25, 0.3) is 0 Å². The molecule has 0 saturated carbocycles. The zero-order valence-corrected chi connectivity index (χ0v) is 11.0. The van der Waals surface area contributed by atoms with Crippen LogP contribution in [0.1, 0.15) is 40.0 Å². The van der Waals surface area contributed by atoms with Gasteiger partial charge in [-0.2, -0.15) is 0 Å². The van der Waals surface area contributed by atoms with Crippen LogP contribution in [-0.2, 0) is 4.74 Å². The summed E-state index contributed by atoms with van der Waals surface area (Å²) in [6.07, 6.45) is 3.66. The van der Waals surface area contributed by atoms with Gasteiger partial charge in [0.2, 0.25) is 0 Å². The van der Waals surface area contributed by atoms with Gasteiger partial charge in [-0.1, -0.05) is 20.3 Å². The smallest absolute Gasteiger partial charge is 0.0673 e. The summed E-state index contributed by atoms with van der Waals surface area (Å²) in [7, 11) is 0. The maximum Gasteiger partial charge on any atom is 0.0673 e. The van der Waals surface area contributed by atoms with Crippen molar-refractivity contribution >= 4 is 0 Å². The Bertz CT molecular complexity index is 198. The molecule has 0 aliphatic carbocycles. The highest BCUT2D eigenvalue weighted by molar-refractivity contribution is 4.79. The standard InChI is InChI=1S/C13H27NO2/c1-4-6-13(3,11-15)10-14-7-5-8-16-12(2)9-14/h12,15H,4-11H2,1-3H3. The van der Waals surface area contributed by atoms with E-state index in [1.54, 1.807) is 0 Å². The molecular formula is C13H27NO2. The van der Waals surface area contributed by atoms with Gasteiger partial charge in [0.15, 0.2) is 0 Å². The Hall–Kier alpha value is -0.120. The molecule has 0 amide bonds. The molecule has 0 aromatic carbocycles. The Morgan fingerprint density at radius 3 is 2.88 bits per heavy atom. The fourth-order valence-electron chi connectivity index (χ4n) is 2.58. The lowest BCUT2D eigenvalue weighted by atomic mass is 9.86. The molecule has 96 valence electrons. The third-order valence-corrected chi connectivity index (χ3v) is 3.38. The van der Waals surface area contributed by atoms with E-state index in [1.807, 2.05) is 0 Å². The van der Waals surface area contributed by atoms with E-state index in [4.69, 9.17) is 4.74 Å². The van der Waals surface area contributed by atoms with E-state index in [-0.39, 0.29) is 12.0 Å². The summed E-state index contributed by atoms with van der Waals surface area (Å²) < 4.78 is 5.64. The molecule has 0 spiro atoms. The average molecular weight is 229 g/mol. The van der Waals surface area contributed by atoms with Crippen LogP contribution in [0.15, 0.2) is 0 Å². The SMILES string of the molecule is CCCC(C)(CO)CN1CCCOC(C)C1. The van der Waals surface area contributed by atoms with Crippen LogP contribution in [0.2, 0.25) is 0 Å². The van der Waals surface area contributed by atoms with E-state index in [1.165, 1.54) is 0 Å². The van der Waals surface area contributed by atoms with Crippen molar-refractivity contribution in [2.45, 2.75) is 46.1 Å². The normalized spacial score (nSPS) is 27.4. The maximum atomic E-state index is 9.53. The molecule has 2 unspecified atom stereocenters. The predicted octanol–water partition coefficient (Wildman–Crippen LogP) is 1.90. The van der Waals surface area contributed by atoms with E-state index < -0.39 is 0 Å².